The van der Waals surface area contributed by atoms with Gasteiger partial charge in [0.15, 0.2) is 5.11 Å². The minimum absolute atomic E-state index is 0.402. The number of hydrogen-bond acceptors (Lipinski definition) is 6. The number of rotatable bonds is 6. The molecule has 1 fully saturated rings. The van der Waals surface area contributed by atoms with Crippen LogP contribution in [0.3, 0.4) is 0 Å². The summed E-state index contributed by atoms with van der Waals surface area (Å²) in [5.41, 5.74) is 0.964. The molecule has 7 nitrogen and oxygen atoms in total. The van der Waals surface area contributed by atoms with Gasteiger partial charge in [0.2, 0.25) is 11.8 Å². The molecule has 1 saturated heterocycles. The largest absolute Gasteiger partial charge is 0.481 e. The van der Waals surface area contributed by atoms with E-state index in [0.29, 0.717) is 28.5 Å². The Morgan fingerprint density at radius 1 is 1.13 bits per heavy atom. The molecule has 31 heavy (non-hydrogen) atoms. The molecule has 3 heterocycles. The highest BCUT2D eigenvalue weighted by molar-refractivity contribution is 7.80. The first-order chi connectivity index (χ1) is 15.1. The third-order valence-electron chi connectivity index (χ3n) is 5.02. The number of nitrogens with one attached hydrogen (secondary N) is 2. The number of nitrogens with zero attached hydrogens (tertiary/aromatic N) is 3. The molecule has 1 aliphatic heterocycles. The normalized spacial score (nSPS) is 13.7. The number of furan rings is 1. The lowest BCUT2D eigenvalue weighted by atomic mass is 10.1. The maximum Gasteiger partial charge on any atom is 0.234 e. The van der Waals surface area contributed by atoms with Crippen LogP contribution in [0.4, 0.5) is 11.8 Å². The van der Waals surface area contributed by atoms with E-state index in [0.717, 1.165) is 48.8 Å². The Morgan fingerprint density at radius 2 is 1.90 bits per heavy atom. The molecule has 4 rings (SSSR count). The van der Waals surface area contributed by atoms with E-state index in [1.807, 2.05) is 42.5 Å². The smallest absolute Gasteiger partial charge is 0.234 e. The van der Waals surface area contributed by atoms with Crippen molar-refractivity contribution in [2.24, 2.45) is 0 Å². The van der Waals surface area contributed by atoms with Gasteiger partial charge in [0.05, 0.1) is 13.7 Å². The molecule has 0 bridgehead atoms. The Kier molecular flexibility index (Phi) is 6.89. The van der Waals surface area contributed by atoms with E-state index in [-0.39, 0.29) is 0 Å². The Labute approximate surface area is 191 Å². The lowest BCUT2D eigenvalue weighted by molar-refractivity contribution is 0.397. The van der Waals surface area contributed by atoms with Crippen LogP contribution in [0.25, 0.3) is 11.3 Å². The summed E-state index contributed by atoms with van der Waals surface area (Å²) in [6.07, 6.45) is 3.58. The monoisotopic (exact) mass is 457 g/mol. The average Bonchev–Trinajstić information content (AvgIpc) is 3.27. The van der Waals surface area contributed by atoms with Crippen molar-refractivity contribution in [2.75, 3.05) is 30.4 Å². The van der Waals surface area contributed by atoms with Crippen LogP contribution in [0.5, 0.6) is 5.88 Å². The summed E-state index contributed by atoms with van der Waals surface area (Å²) >= 11 is 11.4. The van der Waals surface area contributed by atoms with Crippen LogP contribution in [0.15, 0.2) is 46.9 Å². The highest BCUT2D eigenvalue weighted by Gasteiger charge is 2.15. The second kappa shape index (κ2) is 9.98. The molecule has 0 aliphatic carbocycles. The zero-order valence-electron chi connectivity index (χ0n) is 17.2. The minimum atomic E-state index is 0.402. The molecule has 0 radical (unpaired) electrons. The first-order valence-electron chi connectivity index (χ1n) is 10.2. The van der Waals surface area contributed by atoms with Crippen LogP contribution in [-0.4, -0.2) is 35.3 Å². The summed E-state index contributed by atoms with van der Waals surface area (Å²) in [5.74, 6) is 3.28. The Balaban J connectivity index is 1.37. The fourth-order valence-electron chi connectivity index (χ4n) is 3.41. The molecule has 0 unspecified atom stereocenters. The number of methoxy groups -OCH3 is 1. The molecule has 0 atom stereocenters. The Hall–Kier alpha value is -2.84. The summed E-state index contributed by atoms with van der Waals surface area (Å²) < 4.78 is 11.2. The van der Waals surface area contributed by atoms with Gasteiger partial charge in [-0.2, -0.15) is 9.97 Å². The molecule has 1 aliphatic rings. The van der Waals surface area contributed by atoms with Crippen molar-refractivity contribution in [3.8, 4) is 17.2 Å². The zero-order chi connectivity index (χ0) is 21.6. The fourth-order valence-corrected chi connectivity index (χ4v) is 3.70. The molecule has 2 aromatic heterocycles. The third-order valence-corrected chi connectivity index (χ3v) is 5.52. The molecule has 0 saturated carbocycles. The number of benzene rings is 1. The van der Waals surface area contributed by atoms with Crippen LogP contribution in [0.2, 0.25) is 5.02 Å². The van der Waals surface area contributed by atoms with E-state index < -0.39 is 0 Å². The summed E-state index contributed by atoms with van der Waals surface area (Å²) in [6, 6.07) is 13.2. The topological polar surface area (TPSA) is 75.5 Å². The van der Waals surface area contributed by atoms with Gasteiger partial charge in [0.25, 0.3) is 0 Å². The van der Waals surface area contributed by atoms with E-state index in [2.05, 4.69) is 25.5 Å². The van der Waals surface area contributed by atoms with Crippen molar-refractivity contribution in [1.82, 2.24) is 15.3 Å². The molecule has 2 N–H and O–H groups in total. The summed E-state index contributed by atoms with van der Waals surface area (Å²) in [7, 11) is 1.60. The molecule has 1 aromatic carbocycles. The molecular weight excluding hydrogens is 434 g/mol. The first kappa shape index (κ1) is 21.4. The zero-order valence-corrected chi connectivity index (χ0v) is 18.8. The number of thiocarbonyl (C=S) groups is 1. The van der Waals surface area contributed by atoms with E-state index in [4.69, 9.17) is 33.0 Å². The first-order valence-corrected chi connectivity index (χ1v) is 11.0. The lowest BCUT2D eigenvalue weighted by Crippen LogP contribution is -2.31. The van der Waals surface area contributed by atoms with Gasteiger partial charge in [-0.25, -0.2) is 0 Å². The Morgan fingerprint density at radius 3 is 2.65 bits per heavy atom. The van der Waals surface area contributed by atoms with Crippen molar-refractivity contribution in [3.63, 3.8) is 0 Å². The predicted octanol–water partition coefficient (Wildman–Crippen LogP) is 4.88. The van der Waals surface area contributed by atoms with Gasteiger partial charge in [0.1, 0.15) is 17.3 Å². The quantitative estimate of drug-likeness (QED) is 0.507. The van der Waals surface area contributed by atoms with Gasteiger partial charge in [0, 0.05) is 29.7 Å². The van der Waals surface area contributed by atoms with Crippen molar-refractivity contribution >= 4 is 40.7 Å². The van der Waals surface area contributed by atoms with Crippen LogP contribution in [-0.2, 0) is 6.54 Å². The van der Waals surface area contributed by atoms with Gasteiger partial charge in [-0.1, -0.05) is 11.6 Å². The lowest BCUT2D eigenvalue weighted by Gasteiger charge is -2.28. The van der Waals surface area contributed by atoms with Gasteiger partial charge in [-0.05, 0) is 67.9 Å². The molecule has 9 heteroatoms. The SMILES string of the molecule is COc1cc(N2CCCCC2)nc(NC(=S)NCc2ccc(-c3ccc(Cl)cc3)o2)n1. The molecular formula is C22H24ClN5O2S. The molecule has 3 aromatic rings. The van der Waals surface area contributed by atoms with E-state index in [1.54, 1.807) is 7.11 Å². The second-order valence-electron chi connectivity index (χ2n) is 7.22. The fraction of sp³-hybridized carbons (Fsp3) is 0.318. The number of anilines is 2. The number of ether oxygens (including phenoxy) is 1. The van der Waals surface area contributed by atoms with Gasteiger partial charge in [-0.15, -0.1) is 0 Å². The predicted molar refractivity (Wildman–Crippen MR) is 127 cm³/mol. The van der Waals surface area contributed by atoms with Crippen LogP contribution < -0.4 is 20.3 Å². The number of hydrogen-bond donors (Lipinski definition) is 2. The standard InChI is InChI=1S/C22H24ClN5O2S/c1-29-20-13-19(28-11-3-2-4-12-28)25-21(26-20)27-22(31)24-14-17-9-10-18(30-17)15-5-7-16(23)8-6-15/h5-10,13H,2-4,11-12,14H2,1H3,(H2,24,25,26,27,31). The van der Waals surface area contributed by atoms with Gasteiger partial charge >= 0.3 is 0 Å². The molecule has 162 valence electrons. The van der Waals surface area contributed by atoms with Crippen molar-refractivity contribution in [2.45, 2.75) is 25.8 Å². The summed E-state index contributed by atoms with van der Waals surface area (Å²) in [6.45, 7) is 2.40. The molecule has 0 spiro atoms. The van der Waals surface area contributed by atoms with E-state index in [1.165, 1.54) is 6.42 Å². The number of piperidine rings is 1. The minimum Gasteiger partial charge on any atom is -0.481 e. The number of aromatic nitrogens is 2. The molecule has 0 amide bonds. The third kappa shape index (κ3) is 5.65. The summed E-state index contributed by atoms with van der Waals surface area (Å²) in [4.78, 5) is 11.2. The highest BCUT2D eigenvalue weighted by atomic mass is 35.5. The van der Waals surface area contributed by atoms with Crippen LogP contribution in [0.1, 0.15) is 25.0 Å². The Bertz CT molecular complexity index is 1030. The summed E-state index contributed by atoms with van der Waals surface area (Å²) in [5, 5.41) is 7.27. The van der Waals surface area contributed by atoms with Crippen molar-refractivity contribution in [1.29, 1.82) is 0 Å². The van der Waals surface area contributed by atoms with E-state index >= 15 is 0 Å². The maximum absolute atomic E-state index is 5.95. The van der Waals surface area contributed by atoms with Gasteiger partial charge < -0.3 is 24.7 Å². The number of halogens is 1. The van der Waals surface area contributed by atoms with Crippen LogP contribution in [0, 0.1) is 0 Å². The highest BCUT2D eigenvalue weighted by Crippen LogP contribution is 2.24. The van der Waals surface area contributed by atoms with Crippen LogP contribution >= 0.6 is 23.8 Å². The van der Waals surface area contributed by atoms with Crippen molar-refractivity contribution in [3.05, 3.63) is 53.2 Å². The van der Waals surface area contributed by atoms with Crippen molar-refractivity contribution < 1.29 is 9.15 Å². The maximum atomic E-state index is 5.95. The van der Waals surface area contributed by atoms with Gasteiger partial charge in [-0.3, -0.25) is 0 Å². The van der Waals surface area contributed by atoms with E-state index in [9.17, 15) is 0 Å². The average molecular weight is 458 g/mol. The second-order valence-corrected chi connectivity index (χ2v) is 8.07.